The van der Waals surface area contributed by atoms with Crippen LogP contribution in [0.2, 0.25) is 0 Å². The maximum Gasteiger partial charge on any atom is 0.258 e. The Kier molecular flexibility index (Phi) is 16.5. The molecule has 16 heteroatoms. The fourth-order valence-corrected chi connectivity index (χ4v) is 6.48. The third kappa shape index (κ3) is 11.7. The summed E-state index contributed by atoms with van der Waals surface area (Å²) in [7, 11) is 7.79. The fourth-order valence-electron chi connectivity index (χ4n) is 6.48. The van der Waals surface area contributed by atoms with Crippen LogP contribution in [0.15, 0.2) is 57.6 Å². The molecule has 0 aliphatic rings. The van der Waals surface area contributed by atoms with E-state index in [0.29, 0.717) is 34.9 Å². The normalized spacial score (nSPS) is 12.1. The Morgan fingerprint density at radius 2 is 0.919 bits per heavy atom. The Morgan fingerprint density at radius 1 is 0.532 bits per heavy atom. The Labute approximate surface area is 363 Å². The topological polar surface area (TPSA) is 209 Å². The van der Waals surface area contributed by atoms with Crippen LogP contribution in [0.25, 0.3) is 45.7 Å². The van der Waals surface area contributed by atoms with Crippen molar-refractivity contribution in [3.8, 4) is 57.2 Å². The minimum atomic E-state index is -0.913. The van der Waals surface area contributed by atoms with Gasteiger partial charge in [0.05, 0.1) is 13.2 Å². The monoisotopic (exact) mass is 852 g/mol. The Morgan fingerprint density at radius 3 is 1.24 bits per heavy atom. The van der Waals surface area contributed by atoms with Gasteiger partial charge in [-0.05, 0) is 110 Å². The molecule has 0 fully saturated rings. The lowest BCUT2D eigenvalue weighted by molar-refractivity contribution is 0.0531. The summed E-state index contributed by atoms with van der Waals surface area (Å²) in [5, 5.41) is 45.6. The van der Waals surface area contributed by atoms with Gasteiger partial charge in [-0.25, -0.2) is 9.97 Å². The molecule has 0 saturated carbocycles. The summed E-state index contributed by atoms with van der Waals surface area (Å²) in [6.07, 6.45) is 1.26. The molecule has 332 valence electrons. The molecule has 4 aromatic heterocycles. The van der Waals surface area contributed by atoms with Crippen LogP contribution in [0.4, 0.5) is 11.6 Å². The highest BCUT2D eigenvalue weighted by Gasteiger charge is 2.19. The molecule has 2 aromatic carbocycles. The molecule has 0 aliphatic carbocycles. The Bertz CT molecular complexity index is 2230. The molecule has 0 spiro atoms. The predicted molar refractivity (Wildman–Crippen MR) is 239 cm³/mol. The van der Waals surface area contributed by atoms with Gasteiger partial charge in [-0.3, -0.25) is 0 Å². The van der Waals surface area contributed by atoms with Crippen molar-refractivity contribution in [2.75, 3.05) is 64.4 Å². The molecule has 2 atom stereocenters. The summed E-state index contributed by atoms with van der Waals surface area (Å²) < 4.78 is 22.7. The molecule has 0 radical (unpaired) electrons. The standard InChI is InChI=1S/2C23H30N4O4/c2*1-6-15-9-16(8-14(3)21(15)30-13-19(29)12-28)22-25-23(31-26-22)17-10-18(7-2)24-20(11-17)27(4)5/h2*8-11,19,28-29H,6-7,12-13H2,1-5H3. The van der Waals surface area contributed by atoms with Crippen molar-refractivity contribution in [2.45, 2.75) is 79.4 Å². The second kappa shape index (κ2) is 21.7. The Balaban J connectivity index is 0.000000234. The largest absolute Gasteiger partial charge is 0.490 e. The number of anilines is 2. The average molecular weight is 853 g/mol. The number of rotatable bonds is 18. The summed E-state index contributed by atoms with van der Waals surface area (Å²) in [6, 6.07) is 15.6. The number of benzene rings is 2. The smallest absolute Gasteiger partial charge is 0.258 e. The maximum absolute atomic E-state index is 9.59. The minimum Gasteiger partial charge on any atom is -0.490 e. The molecule has 0 aliphatic heterocycles. The Hall–Kier alpha value is -5.94. The third-order valence-corrected chi connectivity index (χ3v) is 9.96. The molecule has 0 saturated heterocycles. The maximum atomic E-state index is 9.59. The van der Waals surface area contributed by atoms with Gasteiger partial charge in [0.1, 0.15) is 48.6 Å². The van der Waals surface area contributed by atoms with E-state index in [2.05, 4.69) is 44.1 Å². The number of hydrogen-bond donors (Lipinski definition) is 4. The van der Waals surface area contributed by atoms with Crippen LogP contribution in [0.3, 0.4) is 0 Å². The SMILES string of the molecule is CCc1cc(-c2nc(-c3cc(C)c(OCC(O)CO)c(CC)c3)no2)cc(N(C)C)n1.CCc1cc(-c2nc(-c3cc(C)c(OCC(O)CO)c(CC)c3)no2)cc(N(C)C)n1. The number of aryl methyl sites for hydroxylation is 6. The number of aliphatic hydroxyl groups excluding tert-OH is 4. The molecule has 16 nitrogen and oxygen atoms in total. The van der Waals surface area contributed by atoms with Crippen molar-refractivity contribution in [3.05, 3.63) is 82.2 Å². The van der Waals surface area contributed by atoms with Gasteiger partial charge in [0.15, 0.2) is 0 Å². The van der Waals surface area contributed by atoms with E-state index < -0.39 is 12.2 Å². The van der Waals surface area contributed by atoms with E-state index in [-0.39, 0.29) is 26.4 Å². The lowest BCUT2D eigenvalue weighted by Gasteiger charge is -2.16. The average Bonchev–Trinajstić information content (AvgIpc) is 3.99. The van der Waals surface area contributed by atoms with E-state index in [1.807, 2.05) is 114 Å². The quantitative estimate of drug-likeness (QED) is 0.0775. The minimum absolute atomic E-state index is 0.0338. The van der Waals surface area contributed by atoms with Crippen LogP contribution < -0.4 is 19.3 Å². The van der Waals surface area contributed by atoms with Crippen LogP contribution >= 0.6 is 0 Å². The molecule has 4 N–H and O–H groups in total. The van der Waals surface area contributed by atoms with Crippen molar-refractivity contribution < 1.29 is 38.9 Å². The number of ether oxygens (including phenoxy) is 2. The summed E-state index contributed by atoms with van der Waals surface area (Å²) >= 11 is 0. The van der Waals surface area contributed by atoms with Crippen LogP contribution in [0.1, 0.15) is 61.3 Å². The van der Waals surface area contributed by atoms with Gasteiger partial charge in [0, 0.05) is 61.8 Å². The first-order chi connectivity index (χ1) is 29.7. The molecular formula is C46H60N8O8. The lowest BCUT2D eigenvalue weighted by Crippen LogP contribution is -2.22. The van der Waals surface area contributed by atoms with Crippen molar-refractivity contribution in [1.82, 2.24) is 30.2 Å². The summed E-state index contributed by atoms with van der Waals surface area (Å²) in [4.78, 5) is 22.4. The van der Waals surface area contributed by atoms with Gasteiger partial charge in [0.2, 0.25) is 11.6 Å². The van der Waals surface area contributed by atoms with Gasteiger partial charge in [0.25, 0.3) is 11.8 Å². The molecule has 4 heterocycles. The van der Waals surface area contributed by atoms with Gasteiger partial charge in [-0.15, -0.1) is 0 Å². The first-order valence-electron chi connectivity index (χ1n) is 20.9. The molecule has 6 rings (SSSR count). The zero-order chi connectivity index (χ0) is 45.1. The molecule has 62 heavy (non-hydrogen) atoms. The van der Waals surface area contributed by atoms with Crippen molar-refractivity contribution in [3.63, 3.8) is 0 Å². The molecule has 2 unspecified atom stereocenters. The highest BCUT2D eigenvalue weighted by atomic mass is 16.5. The highest BCUT2D eigenvalue weighted by molar-refractivity contribution is 5.67. The number of nitrogens with zero attached hydrogens (tertiary/aromatic N) is 8. The second-order valence-electron chi connectivity index (χ2n) is 15.3. The van der Waals surface area contributed by atoms with Crippen LogP contribution in [0, 0.1) is 13.8 Å². The van der Waals surface area contributed by atoms with Crippen molar-refractivity contribution in [1.29, 1.82) is 0 Å². The number of aromatic nitrogens is 6. The van der Waals surface area contributed by atoms with Gasteiger partial charge in [-0.2, -0.15) is 9.97 Å². The van der Waals surface area contributed by atoms with E-state index in [0.717, 1.165) is 93.2 Å². The van der Waals surface area contributed by atoms with Crippen molar-refractivity contribution in [2.24, 2.45) is 0 Å². The van der Waals surface area contributed by atoms with E-state index in [1.54, 1.807) is 0 Å². The van der Waals surface area contributed by atoms with Crippen LogP contribution in [0.5, 0.6) is 11.5 Å². The number of pyridine rings is 2. The molecule has 6 aromatic rings. The van der Waals surface area contributed by atoms with Gasteiger partial charge < -0.3 is 48.7 Å². The van der Waals surface area contributed by atoms with E-state index >= 15 is 0 Å². The number of hydrogen-bond acceptors (Lipinski definition) is 16. The highest BCUT2D eigenvalue weighted by Crippen LogP contribution is 2.34. The first-order valence-corrected chi connectivity index (χ1v) is 20.9. The molecular weight excluding hydrogens is 793 g/mol. The van der Waals surface area contributed by atoms with E-state index in [9.17, 15) is 10.2 Å². The zero-order valence-electron chi connectivity index (χ0n) is 37.4. The van der Waals surface area contributed by atoms with E-state index in [4.69, 9.17) is 28.7 Å². The first kappa shape index (κ1) is 47.1. The molecule has 0 bridgehead atoms. The second-order valence-corrected chi connectivity index (χ2v) is 15.3. The van der Waals surface area contributed by atoms with Crippen LogP contribution in [-0.4, -0.2) is 118 Å². The van der Waals surface area contributed by atoms with Crippen molar-refractivity contribution >= 4 is 11.6 Å². The fraction of sp³-hybridized carbons (Fsp3) is 0.435. The number of aliphatic hydroxyl groups is 4. The summed E-state index contributed by atoms with van der Waals surface area (Å²) in [6.45, 7) is 11.4. The van der Waals surface area contributed by atoms with Crippen LogP contribution in [-0.2, 0) is 25.7 Å². The third-order valence-electron chi connectivity index (χ3n) is 9.96. The van der Waals surface area contributed by atoms with Gasteiger partial charge in [-0.1, -0.05) is 38.0 Å². The lowest BCUT2D eigenvalue weighted by atomic mass is 10.0. The molecule has 0 amide bonds. The zero-order valence-corrected chi connectivity index (χ0v) is 37.4. The summed E-state index contributed by atoms with van der Waals surface area (Å²) in [5.41, 5.74) is 8.98. The summed E-state index contributed by atoms with van der Waals surface area (Å²) in [5.74, 6) is 4.97. The predicted octanol–water partition coefficient (Wildman–Crippen LogP) is 6.06. The van der Waals surface area contributed by atoms with Gasteiger partial charge >= 0.3 is 0 Å². The van der Waals surface area contributed by atoms with E-state index in [1.165, 1.54) is 0 Å².